The highest BCUT2D eigenvalue weighted by Crippen LogP contribution is 2.24. The normalized spacial score (nSPS) is 11.1. The third-order valence-corrected chi connectivity index (χ3v) is 3.95. The molecule has 0 aliphatic heterocycles. The number of nitrogens with two attached hydrogens (primary N) is 1. The van der Waals surface area contributed by atoms with Crippen molar-refractivity contribution < 1.29 is 0 Å². The van der Waals surface area contributed by atoms with E-state index in [-0.39, 0.29) is 0 Å². The number of para-hydroxylation sites is 1. The first-order valence-corrected chi connectivity index (χ1v) is 7.17. The molecule has 0 spiro atoms. The molecule has 0 fully saturated rings. The standard InChI is InChI=1S/C17H17ClN2/c18-16-7-3-1-5-14(16)12-20-11-13(9-10-19)15-6-2-4-8-17(15)20/h1-8,11H,9-10,12,19H2. The van der Waals surface area contributed by atoms with Gasteiger partial charge < -0.3 is 10.3 Å². The van der Waals surface area contributed by atoms with Gasteiger partial charge in [-0.2, -0.15) is 0 Å². The molecule has 0 unspecified atom stereocenters. The smallest absolute Gasteiger partial charge is 0.0491 e. The van der Waals surface area contributed by atoms with E-state index in [2.05, 4.69) is 41.1 Å². The number of hydrogen-bond donors (Lipinski definition) is 1. The van der Waals surface area contributed by atoms with Gasteiger partial charge in [0.25, 0.3) is 0 Å². The molecule has 0 saturated heterocycles. The topological polar surface area (TPSA) is 30.9 Å². The molecule has 2 nitrogen and oxygen atoms in total. The van der Waals surface area contributed by atoms with E-state index >= 15 is 0 Å². The van der Waals surface area contributed by atoms with Crippen LogP contribution in [0, 0.1) is 0 Å². The second-order valence-corrected chi connectivity index (χ2v) is 5.34. The molecule has 1 heterocycles. The van der Waals surface area contributed by atoms with E-state index in [4.69, 9.17) is 17.3 Å². The van der Waals surface area contributed by atoms with Gasteiger partial charge in [-0.3, -0.25) is 0 Å². The van der Waals surface area contributed by atoms with Crippen LogP contribution in [0.2, 0.25) is 5.02 Å². The molecule has 3 aromatic rings. The Bertz CT molecular complexity index is 731. The number of fused-ring (bicyclic) bond motifs is 1. The first-order valence-electron chi connectivity index (χ1n) is 6.80. The van der Waals surface area contributed by atoms with Crippen molar-refractivity contribution in [3.63, 3.8) is 0 Å². The molecule has 0 bridgehead atoms. The van der Waals surface area contributed by atoms with Crippen molar-refractivity contribution in [3.05, 3.63) is 70.9 Å². The van der Waals surface area contributed by atoms with Gasteiger partial charge >= 0.3 is 0 Å². The van der Waals surface area contributed by atoms with Gasteiger partial charge in [0.2, 0.25) is 0 Å². The fourth-order valence-electron chi connectivity index (χ4n) is 2.62. The van der Waals surface area contributed by atoms with Crippen LogP contribution < -0.4 is 5.73 Å². The molecule has 1 aromatic heterocycles. The van der Waals surface area contributed by atoms with Gasteiger partial charge in [-0.1, -0.05) is 48.0 Å². The second kappa shape index (κ2) is 5.70. The van der Waals surface area contributed by atoms with Crippen LogP contribution in [0.4, 0.5) is 0 Å². The molecule has 0 aliphatic carbocycles. The van der Waals surface area contributed by atoms with Crippen LogP contribution in [0.25, 0.3) is 10.9 Å². The second-order valence-electron chi connectivity index (χ2n) is 4.93. The Morgan fingerprint density at radius 2 is 1.70 bits per heavy atom. The zero-order chi connectivity index (χ0) is 13.9. The van der Waals surface area contributed by atoms with E-state index < -0.39 is 0 Å². The predicted octanol–water partition coefficient (Wildman–Crippen LogP) is 3.84. The maximum absolute atomic E-state index is 6.26. The highest BCUT2D eigenvalue weighted by molar-refractivity contribution is 6.31. The van der Waals surface area contributed by atoms with Crippen molar-refractivity contribution in [2.75, 3.05) is 6.54 Å². The lowest BCUT2D eigenvalue weighted by Gasteiger charge is -2.07. The third kappa shape index (κ3) is 2.45. The van der Waals surface area contributed by atoms with E-state index in [1.165, 1.54) is 16.5 Å². The van der Waals surface area contributed by atoms with Crippen LogP contribution in [0.5, 0.6) is 0 Å². The zero-order valence-corrected chi connectivity index (χ0v) is 12.0. The van der Waals surface area contributed by atoms with E-state index in [9.17, 15) is 0 Å². The lowest BCUT2D eigenvalue weighted by atomic mass is 10.1. The molecule has 102 valence electrons. The fourth-order valence-corrected chi connectivity index (χ4v) is 2.81. The van der Waals surface area contributed by atoms with E-state index in [1.54, 1.807) is 0 Å². The van der Waals surface area contributed by atoms with Crippen molar-refractivity contribution in [1.82, 2.24) is 4.57 Å². The predicted molar refractivity (Wildman–Crippen MR) is 85.3 cm³/mol. The first-order chi connectivity index (χ1) is 9.79. The molecule has 3 heteroatoms. The van der Waals surface area contributed by atoms with Crippen LogP contribution in [0.15, 0.2) is 54.7 Å². The van der Waals surface area contributed by atoms with E-state index in [0.717, 1.165) is 23.6 Å². The number of nitrogens with zero attached hydrogens (tertiary/aromatic N) is 1. The monoisotopic (exact) mass is 284 g/mol. The maximum Gasteiger partial charge on any atom is 0.0491 e. The summed E-state index contributed by atoms with van der Waals surface area (Å²) in [5, 5.41) is 2.09. The Labute approximate surface area is 123 Å². The first kappa shape index (κ1) is 13.2. The summed E-state index contributed by atoms with van der Waals surface area (Å²) in [7, 11) is 0. The van der Waals surface area contributed by atoms with Crippen LogP contribution in [-0.4, -0.2) is 11.1 Å². The van der Waals surface area contributed by atoms with Crippen LogP contribution in [0.3, 0.4) is 0 Å². The van der Waals surface area contributed by atoms with Crippen molar-refractivity contribution in [2.24, 2.45) is 5.73 Å². The third-order valence-electron chi connectivity index (χ3n) is 3.58. The highest BCUT2D eigenvalue weighted by Gasteiger charge is 2.08. The van der Waals surface area contributed by atoms with Crippen LogP contribution in [0.1, 0.15) is 11.1 Å². The van der Waals surface area contributed by atoms with Gasteiger partial charge in [0.15, 0.2) is 0 Å². The summed E-state index contributed by atoms with van der Waals surface area (Å²) in [6.45, 7) is 1.45. The van der Waals surface area contributed by atoms with Gasteiger partial charge in [0, 0.05) is 28.7 Å². The molecular formula is C17H17ClN2. The molecule has 0 atom stereocenters. The number of halogens is 1. The summed E-state index contributed by atoms with van der Waals surface area (Å²) in [5.74, 6) is 0. The molecule has 2 aromatic carbocycles. The molecular weight excluding hydrogens is 268 g/mol. The Hall–Kier alpha value is -1.77. The summed E-state index contributed by atoms with van der Waals surface area (Å²) >= 11 is 6.26. The summed E-state index contributed by atoms with van der Waals surface area (Å²) in [4.78, 5) is 0. The Morgan fingerprint density at radius 1 is 0.950 bits per heavy atom. The number of rotatable bonds is 4. The number of benzene rings is 2. The molecule has 0 radical (unpaired) electrons. The van der Waals surface area contributed by atoms with Crippen molar-refractivity contribution >= 4 is 22.5 Å². The van der Waals surface area contributed by atoms with Gasteiger partial charge in [0.1, 0.15) is 0 Å². The fraction of sp³-hybridized carbons (Fsp3) is 0.176. The van der Waals surface area contributed by atoms with Crippen molar-refractivity contribution in [2.45, 2.75) is 13.0 Å². The van der Waals surface area contributed by atoms with Gasteiger partial charge in [-0.15, -0.1) is 0 Å². The number of aromatic nitrogens is 1. The number of hydrogen-bond acceptors (Lipinski definition) is 1. The maximum atomic E-state index is 6.26. The highest BCUT2D eigenvalue weighted by atomic mass is 35.5. The zero-order valence-electron chi connectivity index (χ0n) is 11.2. The van der Waals surface area contributed by atoms with E-state index in [1.807, 2.05) is 18.2 Å². The average Bonchev–Trinajstić information content (AvgIpc) is 2.81. The van der Waals surface area contributed by atoms with Gasteiger partial charge in [0.05, 0.1) is 0 Å². The molecule has 0 aliphatic rings. The Kier molecular flexibility index (Phi) is 3.77. The Morgan fingerprint density at radius 3 is 2.50 bits per heavy atom. The van der Waals surface area contributed by atoms with Gasteiger partial charge in [-0.05, 0) is 36.2 Å². The summed E-state index contributed by atoms with van der Waals surface area (Å²) in [5.41, 5.74) is 9.37. The summed E-state index contributed by atoms with van der Waals surface area (Å²) < 4.78 is 2.25. The van der Waals surface area contributed by atoms with Crippen LogP contribution in [-0.2, 0) is 13.0 Å². The molecule has 3 rings (SSSR count). The molecule has 0 amide bonds. The van der Waals surface area contributed by atoms with Crippen molar-refractivity contribution in [1.29, 1.82) is 0 Å². The molecule has 0 saturated carbocycles. The molecule has 2 N–H and O–H groups in total. The Balaban J connectivity index is 2.05. The SMILES string of the molecule is NCCc1cn(Cc2ccccc2Cl)c2ccccc12. The minimum absolute atomic E-state index is 0.667. The van der Waals surface area contributed by atoms with Crippen LogP contribution >= 0.6 is 11.6 Å². The summed E-state index contributed by atoms with van der Waals surface area (Å²) in [6.07, 6.45) is 3.09. The molecule has 20 heavy (non-hydrogen) atoms. The average molecular weight is 285 g/mol. The lowest BCUT2D eigenvalue weighted by Crippen LogP contribution is -2.02. The van der Waals surface area contributed by atoms with Gasteiger partial charge in [-0.25, -0.2) is 0 Å². The van der Waals surface area contributed by atoms with E-state index in [0.29, 0.717) is 6.54 Å². The minimum atomic E-state index is 0.667. The largest absolute Gasteiger partial charge is 0.343 e. The minimum Gasteiger partial charge on any atom is -0.343 e. The van der Waals surface area contributed by atoms with Crippen molar-refractivity contribution in [3.8, 4) is 0 Å². The quantitative estimate of drug-likeness (QED) is 0.775. The summed E-state index contributed by atoms with van der Waals surface area (Å²) in [6, 6.07) is 16.4. The lowest BCUT2D eigenvalue weighted by molar-refractivity contribution is 0.827.